The lowest BCUT2D eigenvalue weighted by Gasteiger charge is -2.05. The van der Waals surface area contributed by atoms with Gasteiger partial charge in [-0.25, -0.2) is 4.98 Å². The van der Waals surface area contributed by atoms with Gasteiger partial charge in [0, 0.05) is 18.9 Å². The summed E-state index contributed by atoms with van der Waals surface area (Å²) in [6, 6.07) is 4.20. The summed E-state index contributed by atoms with van der Waals surface area (Å²) in [6.45, 7) is 4.80. The second-order valence-electron chi connectivity index (χ2n) is 4.06. The number of rotatable bonds is 7. The van der Waals surface area contributed by atoms with E-state index >= 15 is 0 Å². The number of thiophene rings is 1. The van der Waals surface area contributed by atoms with E-state index < -0.39 is 0 Å². The molecule has 2 aromatic rings. The molecule has 0 spiro atoms. The molecule has 0 aliphatic carbocycles. The molecule has 0 unspecified atom stereocenters. The van der Waals surface area contributed by atoms with Crippen molar-refractivity contribution in [3.63, 3.8) is 0 Å². The normalized spacial score (nSPS) is 10.6. The smallest absolute Gasteiger partial charge is 0.149 e. The SMILES string of the molecule is C=CCCCCCn1ccnc1-c1cccs1. The third-order valence-corrected chi connectivity index (χ3v) is 3.63. The van der Waals surface area contributed by atoms with E-state index in [0.717, 1.165) is 18.8 Å². The fourth-order valence-corrected chi connectivity index (χ4v) is 2.60. The van der Waals surface area contributed by atoms with E-state index in [1.165, 1.54) is 24.1 Å². The van der Waals surface area contributed by atoms with Gasteiger partial charge in [-0.2, -0.15) is 0 Å². The minimum atomic E-state index is 1.06. The summed E-state index contributed by atoms with van der Waals surface area (Å²) in [6.07, 6.45) is 10.8. The van der Waals surface area contributed by atoms with E-state index in [9.17, 15) is 0 Å². The molecule has 0 aliphatic rings. The zero-order valence-corrected chi connectivity index (χ0v) is 10.8. The Morgan fingerprint density at radius 2 is 2.29 bits per heavy atom. The topological polar surface area (TPSA) is 17.8 Å². The van der Waals surface area contributed by atoms with Crippen molar-refractivity contribution in [2.45, 2.75) is 32.2 Å². The van der Waals surface area contributed by atoms with Crippen molar-refractivity contribution in [2.24, 2.45) is 0 Å². The lowest BCUT2D eigenvalue weighted by molar-refractivity contribution is 0.594. The van der Waals surface area contributed by atoms with Gasteiger partial charge >= 0.3 is 0 Å². The number of nitrogens with zero attached hydrogens (tertiary/aromatic N) is 2. The number of imidazole rings is 1. The molecule has 0 saturated carbocycles. The van der Waals surface area contributed by atoms with E-state index in [1.54, 1.807) is 11.3 Å². The third kappa shape index (κ3) is 3.30. The van der Waals surface area contributed by atoms with Gasteiger partial charge in [0.25, 0.3) is 0 Å². The highest BCUT2D eigenvalue weighted by Crippen LogP contribution is 2.23. The summed E-state index contributed by atoms with van der Waals surface area (Å²) in [5, 5.41) is 2.10. The first-order valence-corrected chi connectivity index (χ1v) is 6.95. The molecule has 0 aliphatic heterocycles. The standard InChI is InChI=1S/C14H18N2S/c1-2-3-4-5-6-10-16-11-9-15-14(16)13-8-7-12-17-13/h2,7-9,11-12H,1,3-6,10H2. The second-order valence-corrected chi connectivity index (χ2v) is 5.01. The quantitative estimate of drug-likeness (QED) is 0.524. The Morgan fingerprint density at radius 1 is 1.35 bits per heavy atom. The van der Waals surface area contributed by atoms with Crippen LogP contribution >= 0.6 is 11.3 Å². The Kier molecular flexibility index (Phi) is 4.56. The maximum atomic E-state index is 4.43. The van der Waals surface area contributed by atoms with Gasteiger partial charge < -0.3 is 4.57 Å². The third-order valence-electron chi connectivity index (χ3n) is 2.76. The summed E-state index contributed by atoms with van der Waals surface area (Å²) in [7, 11) is 0. The Morgan fingerprint density at radius 3 is 3.06 bits per heavy atom. The number of allylic oxidation sites excluding steroid dienone is 1. The number of hydrogen-bond donors (Lipinski definition) is 0. The maximum absolute atomic E-state index is 4.43. The molecule has 0 amide bonds. The average Bonchev–Trinajstić information content (AvgIpc) is 2.98. The lowest BCUT2D eigenvalue weighted by Crippen LogP contribution is -1.98. The molecule has 0 fully saturated rings. The van der Waals surface area contributed by atoms with Crippen molar-refractivity contribution >= 4 is 11.3 Å². The predicted molar refractivity (Wildman–Crippen MR) is 74.2 cm³/mol. The molecule has 0 aromatic carbocycles. The Labute approximate surface area is 107 Å². The summed E-state index contributed by atoms with van der Waals surface area (Å²) in [5.74, 6) is 1.10. The molecule has 2 nitrogen and oxygen atoms in total. The van der Waals surface area contributed by atoms with Crippen LogP contribution in [0.15, 0.2) is 42.6 Å². The van der Waals surface area contributed by atoms with Gasteiger partial charge in [0.05, 0.1) is 4.88 Å². The van der Waals surface area contributed by atoms with Crippen molar-refractivity contribution in [3.05, 3.63) is 42.6 Å². The van der Waals surface area contributed by atoms with Crippen molar-refractivity contribution in [1.29, 1.82) is 0 Å². The number of hydrogen-bond acceptors (Lipinski definition) is 2. The van der Waals surface area contributed by atoms with Gasteiger partial charge in [-0.05, 0) is 30.7 Å². The second kappa shape index (κ2) is 6.40. The number of unbranched alkanes of at least 4 members (excludes halogenated alkanes) is 3. The molecular formula is C14H18N2S. The van der Waals surface area contributed by atoms with Gasteiger partial charge in [0.15, 0.2) is 0 Å². The first-order valence-electron chi connectivity index (χ1n) is 6.07. The molecule has 3 heteroatoms. The molecule has 0 saturated heterocycles. The van der Waals surface area contributed by atoms with Gasteiger partial charge in [-0.3, -0.25) is 0 Å². The van der Waals surface area contributed by atoms with E-state index in [-0.39, 0.29) is 0 Å². The van der Waals surface area contributed by atoms with E-state index in [1.807, 2.05) is 12.3 Å². The van der Waals surface area contributed by atoms with Crippen LogP contribution in [0.4, 0.5) is 0 Å². The summed E-state index contributed by atoms with van der Waals surface area (Å²) < 4.78 is 2.25. The van der Waals surface area contributed by atoms with Crippen LogP contribution in [0.1, 0.15) is 25.7 Å². The first kappa shape index (κ1) is 12.1. The summed E-state index contributed by atoms with van der Waals surface area (Å²) in [4.78, 5) is 5.68. The highest BCUT2D eigenvalue weighted by atomic mass is 32.1. The monoisotopic (exact) mass is 246 g/mol. The number of aryl methyl sites for hydroxylation is 1. The summed E-state index contributed by atoms with van der Waals surface area (Å²) >= 11 is 1.75. The van der Waals surface area contributed by atoms with Gasteiger partial charge in [0.2, 0.25) is 0 Å². The van der Waals surface area contributed by atoms with Gasteiger partial charge in [0.1, 0.15) is 5.82 Å². The molecule has 0 atom stereocenters. The largest absolute Gasteiger partial charge is 0.330 e. The summed E-state index contributed by atoms with van der Waals surface area (Å²) in [5.41, 5.74) is 0. The molecular weight excluding hydrogens is 228 g/mol. The van der Waals surface area contributed by atoms with Crippen molar-refractivity contribution in [3.8, 4) is 10.7 Å². The van der Waals surface area contributed by atoms with Gasteiger partial charge in [-0.15, -0.1) is 17.9 Å². The zero-order chi connectivity index (χ0) is 11.9. The molecule has 2 heterocycles. The molecule has 2 aromatic heterocycles. The van der Waals surface area contributed by atoms with Crippen LogP contribution in [0.5, 0.6) is 0 Å². The molecule has 17 heavy (non-hydrogen) atoms. The van der Waals surface area contributed by atoms with E-state index in [2.05, 4.69) is 39.8 Å². The van der Waals surface area contributed by atoms with Crippen LogP contribution in [0.3, 0.4) is 0 Å². The van der Waals surface area contributed by atoms with Crippen LogP contribution < -0.4 is 0 Å². The van der Waals surface area contributed by atoms with Crippen LogP contribution in [0.25, 0.3) is 10.7 Å². The molecule has 2 rings (SSSR count). The molecule has 0 radical (unpaired) electrons. The highest BCUT2D eigenvalue weighted by Gasteiger charge is 2.05. The molecule has 90 valence electrons. The fraction of sp³-hybridized carbons (Fsp3) is 0.357. The minimum Gasteiger partial charge on any atom is -0.330 e. The molecule has 0 bridgehead atoms. The lowest BCUT2D eigenvalue weighted by atomic mass is 10.2. The van der Waals surface area contributed by atoms with Crippen LogP contribution in [0.2, 0.25) is 0 Å². The van der Waals surface area contributed by atoms with Crippen molar-refractivity contribution in [2.75, 3.05) is 0 Å². The number of aromatic nitrogens is 2. The zero-order valence-electron chi connectivity index (χ0n) is 10.0. The first-order chi connectivity index (χ1) is 8.42. The fourth-order valence-electron chi connectivity index (χ4n) is 1.87. The minimum absolute atomic E-state index is 1.06. The Bertz CT molecular complexity index is 442. The van der Waals surface area contributed by atoms with Gasteiger partial charge in [-0.1, -0.05) is 18.6 Å². The average molecular weight is 246 g/mol. The van der Waals surface area contributed by atoms with E-state index in [4.69, 9.17) is 0 Å². The molecule has 0 N–H and O–H groups in total. The Balaban J connectivity index is 1.89. The highest BCUT2D eigenvalue weighted by molar-refractivity contribution is 7.13. The van der Waals surface area contributed by atoms with Crippen molar-refractivity contribution in [1.82, 2.24) is 9.55 Å². The van der Waals surface area contributed by atoms with Crippen LogP contribution in [-0.4, -0.2) is 9.55 Å². The van der Waals surface area contributed by atoms with Crippen LogP contribution in [-0.2, 0) is 6.54 Å². The predicted octanol–water partition coefficient (Wildman–Crippen LogP) is 4.36. The maximum Gasteiger partial charge on any atom is 0.149 e. The van der Waals surface area contributed by atoms with E-state index in [0.29, 0.717) is 0 Å². The van der Waals surface area contributed by atoms with Crippen molar-refractivity contribution < 1.29 is 0 Å². The van der Waals surface area contributed by atoms with Crippen LogP contribution in [0, 0.1) is 0 Å². The Hall–Kier alpha value is -1.35.